The van der Waals surface area contributed by atoms with Gasteiger partial charge in [0.2, 0.25) is 0 Å². The Kier molecular flexibility index (Phi) is 6.53. The quantitative estimate of drug-likeness (QED) is 0.261. The summed E-state index contributed by atoms with van der Waals surface area (Å²) in [5.41, 5.74) is 0.304. The number of non-ortho nitro benzene ring substituents is 1. The number of fused-ring (bicyclic) bond motifs is 1. The Labute approximate surface area is 203 Å². The molecule has 13 heteroatoms. The predicted molar refractivity (Wildman–Crippen MR) is 131 cm³/mol. The summed E-state index contributed by atoms with van der Waals surface area (Å²) in [4.78, 5) is 27.9. The number of nitrogens with zero attached hydrogens (tertiary/aromatic N) is 2. The lowest BCUT2D eigenvalue weighted by molar-refractivity contribution is -0.384. The van der Waals surface area contributed by atoms with Gasteiger partial charge in [-0.05, 0) is 36.4 Å². The topological polar surface area (TPSA) is 150 Å². The van der Waals surface area contributed by atoms with Crippen molar-refractivity contribution in [3.63, 3.8) is 0 Å². The van der Waals surface area contributed by atoms with Crippen LogP contribution in [0.5, 0.6) is 11.5 Å². The van der Waals surface area contributed by atoms with E-state index in [4.69, 9.17) is 9.47 Å². The smallest absolute Gasteiger partial charge is 0.274 e. The van der Waals surface area contributed by atoms with E-state index in [9.17, 15) is 23.3 Å². The van der Waals surface area contributed by atoms with Gasteiger partial charge >= 0.3 is 0 Å². The fourth-order valence-electron chi connectivity index (χ4n) is 3.19. The molecule has 0 radical (unpaired) electrons. The molecule has 0 bridgehead atoms. The van der Waals surface area contributed by atoms with Gasteiger partial charge in [0.25, 0.3) is 21.6 Å². The van der Waals surface area contributed by atoms with Crippen LogP contribution >= 0.6 is 11.3 Å². The number of carbonyl (C=O) groups excluding carboxylic acids is 1. The summed E-state index contributed by atoms with van der Waals surface area (Å²) in [6.45, 7) is 0. The standard InChI is InChI=1S/C22H18N4O7S2/c1-32-14-7-9-15(10-8-14)35(30,31)25-17-6-4-3-5-16(17)21(27)24-22-23-20-18(33-2)11-13(26(28)29)12-19(20)34-22/h3-12,25H,1-2H3,(H,23,24,27). The highest BCUT2D eigenvalue weighted by Gasteiger charge is 2.21. The molecule has 0 aliphatic heterocycles. The first-order valence-electron chi connectivity index (χ1n) is 9.92. The van der Waals surface area contributed by atoms with Crippen LogP contribution in [0.2, 0.25) is 0 Å². The molecule has 2 N–H and O–H groups in total. The number of amides is 1. The zero-order chi connectivity index (χ0) is 25.2. The lowest BCUT2D eigenvalue weighted by Gasteiger charge is -2.12. The van der Waals surface area contributed by atoms with Crippen molar-refractivity contribution in [2.24, 2.45) is 0 Å². The summed E-state index contributed by atoms with van der Waals surface area (Å²) in [6.07, 6.45) is 0. The lowest BCUT2D eigenvalue weighted by atomic mass is 10.2. The molecule has 3 aromatic carbocycles. The third kappa shape index (κ3) is 5.00. The van der Waals surface area contributed by atoms with E-state index in [0.29, 0.717) is 16.0 Å². The number of benzene rings is 3. The average molecular weight is 515 g/mol. The number of sulfonamides is 1. The third-order valence-electron chi connectivity index (χ3n) is 4.88. The normalized spacial score (nSPS) is 11.1. The van der Waals surface area contributed by atoms with Crippen LogP contribution in [0.25, 0.3) is 10.2 Å². The Morgan fingerprint density at radius 2 is 1.77 bits per heavy atom. The zero-order valence-electron chi connectivity index (χ0n) is 18.3. The summed E-state index contributed by atoms with van der Waals surface area (Å²) in [7, 11) is -1.15. The molecule has 1 amide bonds. The second-order valence-electron chi connectivity index (χ2n) is 7.05. The largest absolute Gasteiger partial charge is 0.497 e. The molecule has 0 aliphatic carbocycles. The Morgan fingerprint density at radius 1 is 1.06 bits per heavy atom. The molecular formula is C22H18N4O7S2. The van der Waals surface area contributed by atoms with E-state index in [-0.39, 0.29) is 32.7 Å². The van der Waals surface area contributed by atoms with Crippen LogP contribution < -0.4 is 19.5 Å². The minimum Gasteiger partial charge on any atom is -0.497 e. The number of para-hydroxylation sites is 1. The maximum absolute atomic E-state index is 13.0. The Bertz CT molecular complexity index is 1530. The van der Waals surface area contributed by atoms with Gasteiger partial charge in [-0.25, -0.2) is 13.4 Å². The molecule has 4 rings (SSSR count). The molecule has 0 fully saturated rings. The number of anilines is 2. The molecule has 180 valence electrons. The van der Waals surface area contributed by atoms with Gasteiger partial charge in [0.15, 0.2) is 10.9 Å². The Morgan fingerprint density at radius 3 is 2.43 bits per heavy atom. The van der Waals surface area contributed by atoms with Crippen molar-refractivity contribution in [3.05, 3.63) is 76.3 Å². The average Bonchev–Trinajstić information content (AvgIpc) is 3.25. The molecule has 4 aromatic rings. The molecule has 0 aliphatic rings. The van der Waals surface area contributed by atoms with E-state index in [1.807, 2.05) is 0 Å². The van der Waals surface area contributed by atoms with Gasteiger partial charge in [0.1, 0.15) is 11.3 Å². The van der Waals surface area contributed by atoms with Crippen molar-refractivity contribution < 1.29 is 27.6 Å². The monoisotopic (exact) mass is 514 g/mol. The molecule has 0 atom stereocenters. The highest BCUT2D eigenvalue weighted by atomic mass is 32.2. The van der Waals surface area contributed by atoms with E-state index in [2.05, 4.69) is 15.0 Å². The highest BCUT2D eigenvalue weighted by Crippen LogP contribution is 2.36. The number of hydrogen-bond acceptors (Lipinski definition) is 9. The van der Waals surface area contributed by atoms with Crippen LogP contribution in [0.4, 0.5) is 16.5 Å². The fourth-order valence-corrected chi connectivity index (χ4v) is 5.18. The predicted octanol–water partition coefficient (Wildman–Crippen LogP) is 4.27. The van der Waals surface area contributed by atoms with Crippen molar-refractivity contribution in [1.82, 2.24) is 4.98 Å². The number of nitrogens with one attached hydrogen (secondary N) is 2. The van der Waals surface area contributed by atoms with Gasteiger partial charge in [0.05, 0.1) is 46.1 Å². The van der Waals surface area contributed by atoms with Gasteiger partial charge < -0.3 is 9.47 Å². The lowest BCUT2D eigenvalue weighted by Crippen LogP contribution is -2.18. The second kappa shape index (κ2) is 9.56. The van der Waals surface area contributed by atoms with Crippen LogP contribution in [-0.4, -0.2) is 38.5 Å². The number of hydrogen-bond donors (Lipinski definition) is 2. The van der Waals surface area contributed by atoms with Crippen molar-refractivity contribution in [2.75, 3.05) is 24.3 Å². The number of rotatable bonds is 8. The van der Waals surface area contributed by atoms with E-state index in [0.717, 1.165) is 11.3 Å². The van der Waals surface area contributed by atoms with E-state index in [1.54, 1.807) is 12.1 Å². The van der Waals surface area contributed by atoms with Crippen molar-refractivity contribution in [3.8, 4) is 11.5 Å². The number of thiazole rings is 1. The van der Waals surface area contributed by atoms with Crippen molar-refractivity contribution >= 4 is 54.0 Å². The van der Waals surface area contributed by atoms with E-state index < -0.39 is 20.9 Å². The van der Waals surface area contributed by atoms with E-state index in [1.165, 1.54) is 62.8 Å². The minimum atomic E-state index is -3.99. The van der Waals surface area contributed by atoms with Gasteiger partial charge in [-0.3, -0.25) is 24.9 Å². The molecule has 0 saturated heterocycles. The Balaban J connectivity index is 1.61. The molecule has 0 spiro atoms. The summed E-state index contributed by atoms with van der Waals surface area (Å²) in [6, 6.07) is 14.5. The van der Waals surface area contributed by atoms with Crippen LogP contribution in [0.3, 0.4) is 0 Å². The van der Waals surface area contributed by atoms with Gasteiger partial charge in [-0.1, -0.05) is 23.5 Å². The number of aromatic nitrogens is 1. The first-order chi connectivity index (χ1) is 16.7. The van der Waals surface area contributed by atoms with Crippen LogP contribution in [0, 0.1) is 10.1 Å². The van der Waals surface area contributed by atoms with Crippen LogP contribution in [0.1, 0.15) is 10.4 Å². The molecule has 0 unspecified atom stereocenters. The fraction of sp³-hybridized carbons (Fsp3) is 0.0909. The van der Waals surface area contributed by atoms with Crippen LogP contribution in [-0.2, 0) is 10.0 Å². The zero-order valence-corrected chi connectivity index (χ0v) is 20.0. The van der Waals surface area contributed by atoms with Crippen molar-refractivity contribution in [1.29, 1.82) is 0 Å². The number of nitro benzene ring substituents is 1. The first-order valence-corrected chi connectivity index (χ1v) is 12.2. The van der Waals surface area contributed by atoms with E-state index >= 15 is 0 Å². The second-order valence-corrected chi connectivity index (χ2v) is 9.76. The molecule has 11 nitrogen and oxygen atoms in total. The highest BCUT2D eigenvalue weighted by molar-refractivity contribution is 7.92. The number of carbonyl (C=O) groups is 1. The summed E-state index contributed by atoms with van der Waals surface area (Å²) >= 11 is 1.02. The van der Waals surface area contributed by atoms with Crippen molar-refractivity contribution in [2.45, 2.75) is 4.90 Å². The van der Waals surface area contributed by atoms with Crippen LogP contribution in [0.15, 0.2) is 65.6 Å². The van der Waals surface area contributed by atoms with Gasteiger partial charge in [-0.15, -0.1) is 0 Å². The van der Waals surface area contributed by atoms with Gasteiger partial charge in [-0.2, -0.15) is 0 Å². The summed E-state index contributed by atoms with van der Waals surface area (Å²) in [5, 5.41) is 14.0. The molecular weight excluding hydrogens is 496 g/mol. The Hall–Kier alpha value is -4.23. The number of nitro groups is 1. The molecule has 1 aromatic heterocycles. The first kappa shape index (κ1) is 23.9. The maximum atomic E-state index is 13.0. The molecule has 0 saturated carbocycles. The maximum Gasteiger partial charge on any atom is 0.274 e. The number of methoxy groups -OCH3 is 2. The molecule has 1 heterocycles. The summed E-state index contributed by atoms with van der Waals surface area (Å²) < 4.78 is 38.8. The third-order valence-corrected chi connectivity index (χ3v) is 7.18. The minimum absolute atomic E-state index is 0.00614. The van der Waals surface area contributed by atoms with Gasteiger partial charge in [0, 0.05) is 6.07 Å². The number of ether oxygens (including phenoxy) is 2. The summed E-state index contributed by atoms with van der Waals surface area (Å²) in [5.74, 6) is 0.0747. The SMILES string of the molecule is COc1ccc(S(=O)(=O)Nc2ccccc2C(=O)Nc2nc3c(OC)cc([N+](=O)[O-])cc3s2)cc1. The molecule has 35 heavy (non-hydrogen) atoms.